The molecule has 0 radical (unpaired) electrons. The first-order valence-corrected chi connectivity index (χ1v) is 9.64. The van der Waals surface area contributed by atoms with Crippen LogP contribution in [0.4, 0.5) is 5.69 Å². The summed E-state index contributed by atoms with van der Waals surface area (Å²) in [5.41, 5.74) is 4.66. The predicted octanol–water partition coefficient (Wildman–Crippen LogP) is 4.87. The third-order valence-corrected chi connectivity index (χ3v) is 5.05. The van der Waals surface area contributed by atoms with Crippen molar-refractivity contribution in [1.82, 2.24) is 14.7 Å². The Morgan fingerprint density at radius 1 is 1.14 bits per heavy atom. The molecule has 3 aromatic rings. The van der Waals surface area contributed by atoms with E-state index in [0.717, 1.165) is 22.6 Å². The van der Waals surface area contributed by atoms with Crippen molar-refractivity contribution in [2.75, 3.05) is 18.9 Å². The van der Waals surface area contributed by atoms with Crippen molar-refractivity contribution < 1.29 is 4.79 Å². The van der Waals surface area contributed by atoms with E-state index in [0.29, 0.717) is 22.3 Å². The Kier molecular flexibility index (Phi) is 6.39. The van der Waals surface area contributed by atoms with Gasteiger partial charge in [-0.15, -0.1) is 0 Å². The number of carbonyl (C=O) groups excluding carboxylic acids is 1. The molecule has 1 aromatic heterocycles. The number of nitrogens with one attached hydrogen (secondary N) is 1. The summed E-state index contributed by atoms with van der Waals surface area (Å²) >= 11 is 12.1. The van der Waals surface area contributed by atoms with E-state index in [2.05, 4.69) is 10.4 Å². The Labute approximate surface area is 174 Å². The number of rotatable bonds is 6. The van der Waals surface area contributed by atoms with Gasteiger partial charge in [0.15, 0.2) is 0 Å². The molecule has 1 heterocycles. The Morgan fingerprint density at radius 3 is 2.57 bits per heavy atom. The van der Waals surface area contributed by atoms with Gasteiger partial charge in [-0.1, -0.05) is 41.4 Å². The number of aromatic nitrogens is 2. The molecule has 146 valence electrons. The van der Waals surface area contributed by atoms with Crippen molar-refractivity contribution in [2.24, 2.45) is 0 Å². The van der Waals surface area contributed by atoms with Crippen molar-refractivity contribution in [2.45, 2.75) is 20.4 Å². The summed E-state index contributed by atoms with van der Waals surface area (Å²) in [4.78, 5) is 14.3. The molecule has 7 heteroatoms. The molecule has 0 spiro atoms. The molecule has 0 aliphatic heterocycles. The van der Waals surface area contributed by atoms with Gasteiger partial charge in [0.1, 0.15) is 0 Å². The fraction of sp³-hybridized carbons (Fsp3) is 0.238. The molecule has 28 heavy (non-hydrogen) atoms. The van der Waals surface area contributed by atoms with E-state index in [-0.39, 0.29) is 12.5 Å². The topological polar surface area (TPSA) is 50.2 Å². The summed E-state index contributed by atoms with van der Waals surface area (Å²) in [7, 11) is 1.90. The number of hydrogen-bond donors (Lipinski definition) is 1. The minimum Gasteiger partial charge on any atom is -0.324 e. The molecule has 3 rings (SSSR count). The molecule has 0 bridgehead atoms. The summed E-state index contributed by atoms with van der Waals surface area (Å²) in [6.45, 7) is 4.86. The zero-order chi connectivity index (χ0) is 20.3. The largest absolute Gasteiger partial charge is 0.324 e. The number of carbonyl (C=O) groups is 1. The fourth-order valence-corrected chi connectivity index (χ4v) is 3.42. The van der Waals surface area contributed by atoms with Crippen LogP contribution < -0.4 is 5.32 Å². The minimum absolute atomic E-state index is 0.155. The molecule has 0 aliphatic rings. The molecule has 0 unspecified atom stereocenters. The number of para-hydroxylation sites is 1. The Morgan fingerprint density at radius 2 is 1.86 bits per heavy atom. The zero-order valence-corrected chi connectivity index (χ0v) is 17.6. The second kappa shape index (κ2) is 8.78. The number of anilines is 1. The van der Waals surface area contributed by atoms with Crippen molar-refractivity contribution in [1.29, 1.82) is 0 Å². The lowest BCUT2D eigenvalue weighted by molar-refractivity contribution is -0.117. The molecule has 1 N–H and O–H groups in total. The molecule has 5 nitrogen and oxygen atoms in total. The van der Waals surface area contributed by atoms with E-state index in [1.165, 1.54) is 0 Å². The second-order valence-electron chi connectivity index (χ2n) is 6.74. The first-order valence-electron chi connectivity index (χ1n) is 8.89. The van der Waals surface area contributed by atoms with Gasteiger partial charge in [-0.25, -0.2) is 4.68 Å². The van der Waals surface area contributed by atoms with Crippen LogP contribution in [0.15, 0.2) is 48.5 Å². The first kappa shape index (κ1) is 20.4. The van der Waals surface area contributed by atoms with Crippen LogP contribution in [-0.4, -0.2) is 34.2 Å². The summed E-state index contributed by atoms with van der Waals surface area (Å²) in [5, 5.41) is 8.44. The van der Waals surface area contributed by atoms with Crippen molar-refractivity contribution in [3.05, 3.63) is 75.5 Å². The van der Waals surface area contributed by atoms with E-state index >= 15 is 0 Å². The summed E-state index contributed by atoms with van der Waals surface area (Å²) in [5.74, 6) is -0.155. The molecule has 2 aromatic carbocycles. The number of halogens is 2. The number of benzene rings is 2. The average molecular weight is 417 g/mol. The maximum absolute atomic E-state index is 12.4. The normalized spacial score (nSPS) is 11.1. The minimum atomic E-state index is -0.155. The predicted molar refractivity (Wildman–Crippen MR) is 114 cm³/mol. The van der Waals surface area contributed by atoms with Crippen molar-refractivity contribution >= 4 is 34.8 Å². The molecular weight excluding hydrogens is 395 g/mol. The average Bonchev–Trinajstić information content (AvgIpc) is 2.93. The third-order valence-electron chi connectivity index (χ3n) is 4.49. The number of amides is 1. The van der Waals surface area contributed by atoms with Crippen LogP contribution in [0.1, 0.15) is 17.0 Å². The zero-order valence-electron chi connectivity index (χ0n) is 16.0. The van der Waals surface area contributed by atoms with Crippen molar-refractivity contribution in [3.63, 3.8) is 0 Å². The van der Waals surface area contributed by atoms with Gasteiger partial charge in [0, 0.05) is 22.8 Å². The van der Waals surface area contributed by atoms with Crippen molar-refractivity contribution in [3.8, 4) is 5.69 Å². The van der Waals surface area contributed by atoms with Gasteiger partial charge in [0.05, 0.1) is 28.6 Å². The van der Waals surface area contributed by atoms with E-state index < -0.39 is 0 Å². The lowest BCUT2D eigenvalue weighted by atomic mass is 10.2. The molecule has 0 atom stereocenters. The van der Waals surface area contributed by atoms with Gasteiger partial charge in [0.2, 0.25) is 5.91 Å². The van der Waals surface area contributed by atoms with Crippen LogP contribution in [0.3, 0.4) is 0 Å². The molecular formula is C21H22Cl2N4O. The van der Waals surface area contributed by atoms with Gasteiger partial charge in [-0.2, -0.15) is 5.10 Å². The smallest absolute Gasteiger partial charge is 0.238 e. The summed E-state index contributed by atoms with van der Waals surface area (Å²) < 4.78 is 1.93. The highest BCUT2D eigenvalue weighted by atomic mass is 35.5. The Bertz CT molecular complexity index is 986. The van der Waals surface area contributed by atoms with Gasteiger partial charge in [-0.3, -0.25) is 9.69 Å². The van der Waals surface area contributed by atoms with Crippen LogP contribution in [0.25, 0.3) is 5.69 Å². The Hall–Kier alpha value is -2.34. The Balaban J connectivity index is 1.68. The highest BCUT2D eigenvalue weighted by Gasteiger charge is 2.16. The van der Waals surface area contributed by atoms with E-state index in [1.807, 2.05) is 60.8 Å². The van der Waals surface area contributed by atoms with E-state index in [9.17, 15) is 4.79 Å². The van der Waals surface area contributed by atoms with Gasteiger partial charge in [0.25, 0.3) is 0 Å². The highest BCUT2D eigenvalue weighted by molar-refractivity contribution is 6.35. The van der Waals surface area contributed by atoms with E-state index in [4.69, 9.17) is 23.2 Å². The monoisotopic (exact) mass is 416 g/mol. The van der Waals surface area contributed by atoms with Crippen LogP contribution in [-0.2, 0) is 11.3 Å². The van der Waals surface area contributed by atoms with Crippen LogP contribution in [0.2, 0.25) is 10.0 Å². The number of aryl methyl sites for hydroxylation is 1. The second-order valence-corrected chi connectivity index (χ2v) is 7.58. The lowest BCUT2D eigenvalue weighted by Gasteiger charge is -2.17. The molecule has 0 saturated carbocycles. The fourth-order valence-electron chi connectivity index (χ4n) is 3.08. The third kappa shape index (κ3) is 4.73. The maximum Gasteiger partial charge on any atom is 0.238 e. The first-order chi connectivity index (χ1) is 13.3. The number of hydrogen-bond acceptors (Lipinski definition) is 3. The van der Waals surface area contributed by atoms with Crippen LogP contribution in [0.5, 0.6) is 0 Å². The summed E-state index contributed by atoms with van der Waals surface area (Å²) in [6.07, 6.45) is 0. The number of nitrogens with zero attached hydrogens (tertiary/aromatic N) is 3. The standard InChI is InChI=1S/C21H22Cl2N4O/c1-14-18(15(2)27(25-14)17-7-5-4-6-8-17)12-26(3)13-21(28)24-20-11-16(22)9-10-19(20)23/h4-11H,12-13H2,1-3H3,(H,24,28). The molecule has 1 amide bonds. The molecule has 0 fully saturated rings. The van der Waals surface area contributed by atoms with Crippen LogP contribution in [0, 0.1) is 13.8 Å². The maximum atomic E-state index is 12.4. The van der Waals surface area contributed by atoms with Gasteiger partial charge < -0.3 is 5.32 Å². The molecule has 0 saturated heterocycles. The van der Waals surface area contributed by atoms with Gasteiger partial charge in [-0.05, 0) is 51.2 Å². The summed E-state index contributed by atoms with van der Waals surface area (Å²) in [6, 6.07) is 15.0. The lowest BCUT2D eigenvalue weighted by Crippen LogP contribution is -2.30. The SMILES string of the molecule is Cc1nn(-c2ccccc2)c(C)c1CN(C)CC(=O)Nc1cc(Cl)ccc1Cl. The number of likely N-dealkylation sites (N-methyl/N-ethyl adjacent to an activating group) is 1. The highest BCUT2D eigenvalue weighted by Crippen LogP contribution is 2.25. The van der Waals surface area contributed by atoms with Crippen LogP contribution >= 0.6 is 23.2 Å². The van der Waals surface area contributed by atoms with E-state index in [1.54, 1.807) is 18.2 Å². The quantitative estimate of drug-likeness (QED) is 0.623. The van der Waals surface area contributed by atoms with Gasteiger partial charge >= 0.3 is 0 Å². The molecule has 0 aliphatic carbocycles.